The summed E-state index contributed by atoms with van der Waals surface area (Å²) in [5.74, 6) is 1.95. The van der Waals surface area contributed by atoms with Crippen molar-refractivity contribution in [1.82, 2.24) is 25.1 Å². The van der Waals surface area contributed by atoms with Crippen LogP contribution in [0.25, 0.3) is 5.69 Å². The number of tetrazole rings is 1. The Kier molecular flexibility index (Phi) is 4.70. The van der Waals surface area contributed by atoms with E-state index in [0.717, 1.165) is 24.1 Å². The molecular weight excluding hydrogens is 402 g/mol. The lowest BCUT2D eigenvalue weighted by Crippen LogP contribution is -2.35. The monoisotopic (exact) mass is 423 g/mol. The van der Waals surface area contributed by atoms with E-state index in [1.54, 1.807) is 30.0 Å². The zero-order valence-corrected chi connectivity index (χ0v) is 17.4. The predicted molar refractivity (Wildman–Crippen MR) is 108 cm³/mol. The molecule has 0 spiro atoms. The van der Waals surface area contributed by atoms with E-state index in [1.807, 2.05) is 19.2 Å². The standard InChI is InChI=1S/C21H21N5O5/c1-25-9-8-12-10-15-18(31-11-30-15)19(28-2)16(12)17(25)20-22-23-24-26(20)14-7-5-4-6-13(14)21(27)29-3/h4-7,10,17H,8-9,11H2,1-3H3/t17-/m1/s1. The van der Waals surface area contributed by atoms with Gasteiger partial charge in [0.2, 0.25) is 12.5 Å². The number of nitrogens with zero attached hydrogens (tertiary/aromatic N) is 5. The molecule has 2 aromatic carbocycles. The van der Waals surface area contributed by atoms with Crippen LogP contribution in [-0.4, -0.2) is 65.7 Å². The molecule has 0 saturated heterocycles. The first-order chi connectivity index (χ1) is 15.1. The lowest BCUT2D eigenvalue weighted by molar-refractivity contribution is 0.0600. The van der Waals surface area contributed by atoms with Crippen molar-refractivity contribution < 1.29 is 23.7 Å². The van der Waals surface area contributed by atoms with Crippen molar-refractivity contribution in [2.24, 2.45) is 0 Å². The third-order valence-electron chi connectivity index (χ3n) is 5.67. The molecule has 0 saturated carbocycles. The highest BCUT2D eigenvalue weighted by Crippen LogP contribution is 2.50. The lowest BCUT2D eigenvalue weighted by atomic mass is 9.90. The number of fused-ring (bicyclic) bond motifs is 2. The van der Waals surface area contributed by atoms with E-state index < -0.39 is 5.97 Å². The van der Waals surface area contributed by atoms with Gasteiger partial charge in [-0.2, -0.15) is 4.68 Å². The van der Waals surface area contributed by atoms with Gasteiger partial charge in [-0.1, -0.05) is 12.1 Å². The fourth-order valence-corrected chi connectivity index (χ4v) is 4.24. The van der Waals surface area contributed by atoms with Crippen molar-refractivity contribution in [1.29, 1.82) is 0 Å². The molecule has 2 aliphatic rings. The van der Waals surface area contributed by atoms with Gasteiger partial charge in [-0.15, -0.1) is 5.10 Å². The predicted octanol–water partition coefficient (Wildman–Crippen LogP) is 1.76. The van der Waals surface area contributed by atoms with Gasteiger partial charge in [0.1, 0.15) is 6.04 Å². The number of hydrogen-bond acceptors (Lipinski definition) is 9. The smallest absolute Gasteiger partial charge is 0.340 e. The third kappa shape index (κ3) is 2.98. The Morgan fingerprint density at radius 2 is 2.06 bits per heavy atom. The van der Waals surface area contributed by atoms with Crippen molar-refractivity contribution in [2.75, 3.05) is 34.6 Å². The van der Waals surface area contributed by atoms with E-state index >= 15 is 0 Å². The molecular formula is C21H21N5O5. The summed E-state index contributed by atoms with van der Waals surface area (Å²) in [6, 6.07) is 8.73. The van der Waals surface area contributed by atoms with Crippen LogP contribution in [0.15, 0.2) is 30.3 Å². The number of carbonyl (C=O) groups excluding carboxylic acids is 1. The maximum absolute atomic E-state index is 12.3. The minimum absolute atomic E-state index is 0.152. The van der Waals surface area contributed by atoms with Crippen molar-refractivity contribution in [3.05, 3.63) is 52.8 Å². The van der Waals surface area contributed by atoms with Crippen LogP contribution < -0.4 is 14.2 Å². The molecule has 10 nitrogen and oxygen atoms in total. The minimum Gasteiger partial charge on any atom is -0.492 e. The zero-order chi connectivity index (χ0) is 21.5. The molecule has 3 heterocycles. The Labute approximate surface area is 178 Å². The molecule has 10 heteroatoms. The number of rotatable bonds is 4. The van der Waals surface area contributed by atoms with Crippen LogP contribution in [0.1, 0.15) is 33.4 Å². The summed E-state index contributed by atoms with van der Waals surface area (Å²) in [6.07, 6.45) is 0.815. The van der Waals surface area contributed by atoms with Crippen molar-refractivity contribution in [3.8, 4) is 22.9 Å². The molecule has 0 unspecified atom stereocenters. The second-order valence-corrected chi connectivity index (χ2v) is 7.31. The molecule has 1 aromatic heterocycles. The highest BCUT2D eigenvalue weighted by atomic mass is 16.7. The second kappa shape index (κ2) is 7.55. The number of aromatic nitrogens is 4. The van der Waals surface area contributed by atoms with Gasteiger partial charge in [0.15, 0.2) is 17.3 Å². The highest BCUT2D eigenvalue weighted by Gasteiger charge is 2.38. The number of para-hydroxylation sites is 1. The number of likely N-dealkylation sites (N-methyl/N-ethyl adjacent to an activating group) is 1. The molecule has 0 radical (unpaired) electrons. The molecule has 0 fully saturated rings. The molecule has 31 heavy (non-hydrogen) atoms. The van der Waals surface area contributed by atoms with Gasteiger partial charge in [-0.3, -0.25) is 4.90 Å². The summed E-state index contributed by atoms with van der Waals surface area (Å²) < 4.78 is 23.6. The van der Waals surface area contributed by atoms with E-state index in [-0.39, 0.29) is 12.8 Å². The van der Waals surface area contributed by atoms with Gasteiger partial charge in [-0.25, -0.2) is 4.79 Å². The Balaban J connectivity index is 1.70. The van der Waals surface area contributed by atoms with Crippen molar-refractivity contribution in [2.45, 2.75) is 12.5 Å². The lowest BCUT2D eigenvalue weighted by Gasteiger charge is -2.34. The minimum atomic E-state index is -0.463. The van der Waals surface area contributed by atoms with Crippen LogP contribution in [0, 0.1) is 0 Å². The first-order valence-corrected chi connectivity index (χ1v) is 9.79. The van der Waals surface area contributed by atoms with E-state index in [1.165, 1.54) is 7.11 Å². The van der Waals surface area contributed by atoms with Crippen LogP contribution in [0.2, 0.25) is 0 Å². The molecule has 0 bridgehead atoms. The summed E-state index contributed by atoms with van der Waals surface area (Å²) in [5.41, 5.74) is 2.91. The summed E-state index contributed by atoms with van der Waals surface area (Å²) in [5, 5.41) is 12.5. The van der Waals surface area contributed by atoms with Crippen molar-refractivity contribution in [3.63, 3.8) is 0 Å². The average Bonchev–Trinajstić information content (AvgIpc) is 3.46. The first kappa shape index (κ1) is 19.3. The fourth-order valence-electron chi connectivity index (χ4n) is 4.24. The molecule has 3 aromatic rings. The third-order valence-corrected chi connectivity index (χ3v) is 5.67. The van der Waals surface area contributed by atoms with E-state index in [2.05, 4.69) is 20.4 Å². The fraction of sp³-hybridized carbons (Fsp3) is 0.333. The SMILES string of the molecule is COC(=O)c1ccccc1-n1nnnc1[C@H]1c2c(cc3c(c2OC)OCO3)CCN1C. The van der Waals surface area contributed by atoms with E-state index in [9.17, 15) is 4.79 Å². The Morgan fingerprint density at radius 3 is 2.87 bits per heavy atom. The summed E-state index contributed by atoms with van der Waals surface area (Å²) in [6.45, 7) is 0.936. The van der Waals surface area contributed by atoms with Crippen LogP contribution >= 0.6 is 0 Å². The zero-order valence-electron chi connectivity index (χ0n) is 17.4. The quantitative estimate of drug-likeness (QED) is 0.581. The van der Waals surface area contributed by atoms with E-state index in [4.69, 9.17) is 18.9 Å². The van der Waals surface area contributed by atoms with Crippen LogP contribution in [0.3, 0.4) is 0 Å². The van der Waals surface area contributed by atoms with Gasteiger partial charge in [-0.05, 0) is 47.7 Å². The van der Waals surface area contributed by atoms with Crippen LogP contribution in [-0.2, 0) is 11.2 Å². The number of esters is 1. The largest absolute Gasteiger partial charge is 0.492 e. The van der Waals surface area contributed by atoms with Gasteiger partial charge in [0.05, 0.1) is 25.5 Å². The van der Waals surface area contributed by atoms with Gasteiger partial charge in [0.25, 0.3) is 0 Å². The molecule has 5 rings (SSSR count). The number of ether oxygens (including phenoxy) is 4. The average molecular weight is 423 g/mol. The van der Waals surface area contributed by atoms with Crippen molar-refractivity contribution >= 4 is 5.97 Å². The van der Waals surface area contributed by atoms with Crippen LogP contribution in [0.5, 0.6) is 17.2 Å². The maximum atomic E-state index is 12.3. The van der Waals surface area contributed by atoms with Gasteiger partial charge < -0.3 is 18.9 Å². The molecule has 1 atom stereocenters. The topological polar surface area (TPSA) is 101 Å². The first-order valence-electron chi connectivity index (χ1n) is 9.79. The van der Waals surface area contributed by atoms with Gasteiger partial charge in [0, 0.05) is 12.1 Å². The maximum Gasteiger partial charge on any atom is 0.340 e. The Morgan fingerprint density at radius 1 is 1.23 bits per heavy atom. The van der Waals surface area contributed by atoms with Gasteiger partial charge >= 0.3 is 5.97 Å². The molecule has 0 aliphatic carbocycles. The second-order valence-electron chi connectivity index (χ2n) is 7.31. The highest BCUT2D eigenvalue weighted by molar-refractivity contribution is 5.93. The summed E-state index contributed by atoms with van der Waals surface area (Å²) in [4.78, 5) is 14.5. The Hall–Kier alpha value is -3.66. The summed E-state index contributed by atoms with van der Waals surface area (Å²) >= 11 is 0. The van der Waals surface area contributed by atoms with Crippen LogP contribution in [0.4, 0.5) is 0 Å². The molecule has 0 N–H and O–H groups in total. The normalized spacial score (nSPS) is 17.3. The van der Waals surface area contributed by atoms with E-state index in [0.29, 0.717) is 34.3 Å². The summed E-state index contributed by atoms with van der Waals surface area (Å²) in [7, 11) is 4.96. The Bertz CT molecular complexity index is 1160. The molecule has 0 amide bonds. The molecule has 160 valence electrons. The number of hydrogen-bond donors (Lipinski definition) is 0. The molecule has 2 aliphatic heterocycles. The number of methoxy groups -OCH3 is 2. The number of benzene rings is 2. The number of carbonyl (C=O) groups is 1.